The molecule has 174 valence electrons. The van der Waals surface area contributed by atoms with Crippen molar-refractivity contribution in [2.75, 3.05) is 20.0 Å². The minimum atomic E-state index is -3.19. The first-order valence-electron chi connectivity index (χ1n) is 10.2. The Balaban J connectivity index is 1.57. The molecule has 2 aliphatic rings. The lowest BCUT2D eigenvalue weighted by atomic mass is 9.72. The SMILES string of the molecule is CC(F)(F)CC(=O)N[C@H]1Cc2cccc(C(=O)OCOC(=O)C3CCOCC3)c2OB1O. The van der Waals surface area contributed by atoms with Gasteiger partial charge in [-0.3, -0.25) is 9.59 Å². The quantitative estimate of drug-likeness (QED) is 0.358. The van der Waals surface area contributed by atoms with Crippen molar-refractivity contribution >= 4 is 25.0 Å². The van der Waals surface area contributed by atoms with Crippen LogP contribution in [0.4, 0.5) is 8.78 Å². The summed E-state index contributed by atoms with van der Waals surface area (Å²) in [7, 11) is -1.56. The van der Waals surface area contributed by atoms with Crippen molar-refractivity contribution in [1.29, 1.82) is 0 Å². The van der Waals surface area contributed by atoms with Gasteiger partial charge in [0.15, 0.2) is 0 Å². The van der Waals surface area contributed by atoms with Gasteiger partial charge in [-0.2, -0.15) is 0 Å². The van der Waals surface area contributed by atoms with Gasteiger partial charge in [0.25, 0.3) is 5.92 Å². The van der Waals surface area contributed by atoms with Crippen LogP contribution in [0.3, 0.4) is 0 Å². The molecule has 2 aliphatic heterocycles. The van der Waals surface area contributed by atoms with Gasteiger partial charge in [-0.05, 0) is 37.8 Å². The van der Waals surface area contributed by atoms with Gasteiger partial charge in [0.05, 0.1) is 18.3 Å². The Kier molecular flexibility index (Phi) is 7.67. The molecule has 32 heavy (non-hydrogen) atoms. The molecule has 1 fully saturated rings. The Bertz CT molecular complexity index is 856. The Morgan fingerprint density at radius 2 is 1.97 bits per heavy atom. The number of carbonyl (C=O) groups excluding carboxylic acids is 3. The summed E-state index contributed by atoms with van der Waals surface area (Å²) in [6.45, 7) is 0.981. The molecule has 3 rings (SSSR count). The first-order chi connectivity index (χ1) is 15.1. The number of esters is 2. The Morgan fingerprint density at radius 1 is 1.25 bits per heavy atom. The fourth-order valence-corrected chi connectivity index (χ4v) is 3.52. The smallest absolute Gasteiger partial charge is 0.534 e. The van der Waals surface area contributed by atoms with Crippen LogP contribution in [0.5, 0.6) is 5.75 Å². The first kappa shape index (κ1) is 23.9. The second kappa shape index (κ2) is 10.3. The van der Waals surface area contributed by atoms with Gasteiger partial charge >= 0.3 is 19.1 Å². The highest BCUT2D eigenvalue weighted by molar-refractivity contribution is 6.47. The zero-order chi connectivity index (χ0) is 23.3. The molecule has 1 aromatic rings. The molecule has 0 aromatic heterocycles. The van der Waals surface area contributed by atoms with Crippen LogP contribution in [0.25, 0.3) is 0 Å². The second-order valence-electron chi connectivity index (χ2n) is 7.83. The summed E-state index contributed by atoms with van der Waals surface area (Å²) in [5.41, 5.74) is 0.464. The lowest BCUT2D eigenvalue weighted by Gasteiger charge is -2.29. The van der Waals surface area contributed by atoms with E-state index in [0.717, 1.165) is 0 Å². The maximum atomic E-state index is 13.0. The highest BCUT2D eigenvalue weighted by Gasteiger charge is 2.39. The van der Waals surface area contributed by atoms with Crippen molar-refractivity contribution in [2.45, 2.75) is 44.5 Å². The van der Waals surface area contributed by atoms with Gasteiger partial charge in [0.1, 0.15) is 11.3 Å². The van der Waals surface area contributed by atoms with Gasteiger partial charge in [0.2, 0.25) is 12.7 Å². The summed E-state index contributed by atoms with van der Waals surface area (Å²) in [6.07, 6.45) is 0.107. The molecule has 0 spiro atoms. The van der Waals surface area contributed by atoms with Crippen LogP contribution in [0.2, 0.25) is 0 Å². The average molecular weight is 455 g/mol. The average Bonchev–Trinajstić information content (AvgIpc) is 2.73. The number of nitrogens with one attached hydrogen (secondary N) is 1. The molecule has 12 heteroatoms. The number of carbonyl (C=O) groups is 3. The van der Waals surface area contributed by atoms with Crippen molar-refractivity contribution in [3.63, 3.8) is 0 Å². The fraction of sp³-hybridized carbons (Fsp3) is 0.550. The number of halogens is 2. The van der Waals surface area contributed by atoms with Crippen molar-refractivity contribution in [2.24, 2.45) is 5.92 Å². The van der Waals surface area contributed by atoms with E-state index in [0.29, 0.717) is 38.5 Å². The topological polar surface area (TPSA) is 120 Å². The van der Waals surface area contributed by atoms with Crippen molar-refractivity contribution in [1.82, 2.24) is 5.32 Å². The van der Waals surface area contributed by atoms with Gasteiger partial charge in [-0.15, -0.1) is 0 Å². The van der Waals surface area contributed by atoms with Crippen LogP contribution >= 0.6 is 0 Å². The monoisotopic (exact) mass is 455 g/mol. The first-order valence-corrected chi connectivity index (χ1v) is 10.2. The molecule has 9 nitrogen and oxygen atoms in total. The minimum Gasteiger partial charge on any atom is -0.534 e. The van der Waals surface area contributed by atoms with Gasteiger partial charge in [-0.25, -0.2) is 13.6 Å². The zero-order valence-corrected chi connectivity index (χ0v) is 17.5. The summed E-state index contributed by atoms with van der Waals surface area (Å²) in [5, 5.41) is 12.5. The third-order valence-corrected chi connectivity index (χ3v) is 5.10. The molecule has 0 bridgehead atoms. The predicted molar refractivity (Wildman–Crippen MR) is 106 cm³/mol. The number of hydrogen-bond acceptors (Lipinski definition) is 8. The van der Waals surface area contributed by atoms with Crippen LogP contribution in [-0.2, 0) is 30.2 Å². The Morgan fingerprint density at radius 3 is 2.66 bits per heavy atom. The zero-order valence-electron chi connectivity index (χ0n) is 17.5. The summed E-state index contributed by atoms with van der Waals surface area (Å²) >= 11 is 0. The number of alkyl halides is 2. The molecule has 1 aromatic carbocycles. The highest BCUT2D eigenvalue weighted by atomic mass is 19.3. The standard InChI is InChI=1S/C20H24BF2NO8/c1-20(22,23)10-16(25)24-15-9-13-3-2-4-14(17(13)32-21(15)28)19(27)31-11-30-18(26)12-5-7-29-8-6-12/h2-4,12,15,28H,5-11H2,1H3,(H,24,25)/t15-/m0/s1. The van der Waals surface area contributed by atoms with E-state index in [2.05, 4.69) is 5.32 Å². The number of rotatable bonds is 7. The lowest BCUT2D eigenvalue weighted by molar-refractivity contribution is -0.160. The lowest BCUT2D eigenvalue weighted by Crippen LogP contribution is -2.53. The summed E-state index contributed by atoms with van der Waals surface area (Å²) in [6, 6.07) is 4.56. The van der Waals surface area contributed by atoms with Crippen LogP contribution in [-0.4, -0.2) is 61.9 Å². The van der Waals surface area contributed by atoms with Crippen molar-refractivity contribution < 1.29 is 47.1 Å². The predicted octanol–water partition coefficient (Wildman–Crippen LogP) is 1.26. The maximum absolute atomic E-state index is 13.0. The van der Waals surface area contributed by atoms with Crippen LogP contribution in [0, 0.1) is 5.92 Å². The van der Waals surface area contributed by atoms with E-state index in [1.54, 1.807) is 12.1 Å². The summed E-state index contributed by atoms with van der Waals surface area (Å²) in [5.74, 6) is -6.65. The summed E-state index contributed by atoms with van der Waals surface area (Å²) < 4.78 is 46.6. The molecule has 0 radical (unpaired) electrons. The third kappa shape index (κ3) is 6.39. The molecule has 2 heterocycles. The van der Waals surface area contributed by atoms with E-state index >= 15 is 0 Å². The van der Waals surface area contributed by atoms with E-state index in [4.69, 9.17) is 18.9 Å². The molecular formula is C20H24BF2NO8. The van der Waals surface area contributed by atoms with Gasteiger partial charge in [0, 0.05) is 13.2 Å². The number of para-hydroxylation sites is 1. The number of ether oxygens (including phenoxy) is 3. The molecule has 0 aliphatic carbocycles. The Labute approximate surface area is 183 Å². The minimum absolute atomic E-state index is 0.00599. The third-order valence-electron chi connectivity index (χ3n) is 5.10. The van der Waals surface area contributed by atoms with E-state index in [9.17, 15) is 28.2 Å². The van der Waals surface area contributed by atoms with E-state index in [1.807, 2.05) is 0 Å². The molecule has 2 N–H and O–H groups in total. The van der Waals surface area contributed by atoms with Crippen LogP contribution in [0.1, 0.15) is 42.1 Å². The number of hydrogen-bond donors (Lipinski definition) is 2. The summed E-state index contributed by atoms with van der Waals surface area (Å²) in [4.78, 5) is 36.2. The second-order valence-corrected chi connectivity index (χ2v) is 7.83. The molecule has 1 atom stereocenters. The van der Waals surface area contributed by atoms with Crippen molar-refractivity contribution in [3.8, 4) is 5.75 Å². The van der Waals surface area contributed by atoms with Gasteiger partial charge in [-0.1, -0.05) is 12.1 Å². The highest BCUT2D eigenvalue weighted by Crippen LogP contribution is 2.31. The van der Waals surface area contributed by atoms with Crippen molar-refractivity contribution in [3.05, 3.63) is 29.3 Å². The molecule has 0 saturated carbocycles. The maximum Gasteiger partial charge on any atom is 0.547 e. The molecule has 0 unspecified atom stereocenters. The van der Waals surface area contributed by atoms with Crippen LogP contribution in [0.15, 0.2) is 18.2 Å². The normalized spacial score (nSPS) is 18.9. The van der Waals surface area contributed by atoms with E-state index in [1.165, 1.54) is 6.07 Å². The van der Waals surface area contributed by atoms with E-state index < -0.39 is 50.0 Å². The number of fused-ring (bicyclic) bond motifs is 1. The molecule has 1 saturated heterocycles. The van der Waals surface area contributed by atoms with Crippen LogP contribution < -0.4 is 9.97 Å². The van der Waals surface area contributed by atoms with E-state index in [-0.39, 0.29) is 23.7 Å². The fourth-order valence-electron chi connectivity index (χ4n) is 3.52. The number of amides is 1. The Hall–Kier alpha value is -2.73. The largest absolute Gasteiger partial charge is 0.547 e. The molecule has 1 amide bonds. The van der Waals surface area contributed by atoms with Gasteiger partial charge < -0.3 is 29.2 Å². The molecular weight excluding hydrogens is 431 g/mol. The number of benzene rings is 1.